The van der Waals surface area contributed by atoms with Crippen molar-refractivity contribution in [1.82, 2.24) is 15.1 Å². The SMILES string of the molecule is C=CCN(C)CC=CCOc1ccc2c(-c3ccc(Br)cc3)nncc2c1. The van der Waals surface area contributed by atoms with Gasteiger partial charge in [0.25, 0.3) is 0 Å². The molecule has 0 bridgehead atoms. The number of aromatic nitrogens is 2. The fourth-order valence-corrected chi connectivity index (χ4v) is 3.00. The standard InChI is InChI=1S/C22H22BrN3O/c1-3-12-26(2)13-4-5-14-27-20-10-11-21-18(15-20)16-24-25-22(21)17-6-8-19(23)9-7-17/h3-11,15-16H,1,12-14H2,2H3. The average Bonchev–Trinajstić information content (AvgIpc) is 2.68. The summed E-state index contributed by atoms with van der Waals surface area (Å²) in [6.07, 6.45) is 7.79. The van der Waals surface area contributed by atoms with E-state index in [1.165, 1.54) is 0 Å². The van der Waals surface area contributed by atoms with E-state index in [2.05, 4.69) is 50.7 Å². The third-order valence-corrected chi connectivity index (χ3v) is 4.65. The second-order valence-corrected chi connectivity index (χ2v) is 7.16. The van der Waals surface area contributed by atoms with Crippen LogP contribution in [0.5, 0.6) is 5.75 Å². The minimum Gasteiger partial charge on any atom is -0.490 e. The molecule has 3 rings (SSSR count). The maximum absolute atomic E-state index is 5.84. The first kappa shape index (κ1) is 19.3. The molecule has 0 atom stereocenters. The topological polar surface area (TPSA) is 38.2 Å². The summed E-state index contributed by atoms with van der Waals surface area (Å²) in [7, 11) is 2.06. The second-order valence-electron chi connectivity index (χ2n) is 6.24. The van der Waals surface area contributed by atoms with Crippen molar-refractivity contribution in [2.45, 2.75) is 0 Å². The Hall–Kier alpha value is -2.50. The predicted octanol–water partition coefficient (Wildman–Crippen LogP) is 5.11. The van der Waals surface area contributed by atoms with Crippen LogP contribution in [0.1, 0.15) is 0 Å². The van der Waals surface area contributed by atoms with Crippen molar-refractivity contribution in [2.24, 2.45) is 0 Å². The van der Waals surface area contributed by atoms with Gasteiger partial charge in [-0.05, 0) is 37.4 Å². The van der Waals surface area contributed by atoms with E-state index in [0.29, 0.717) is 6.61 Å². The van der Waals surface area contributed by atoms with Gasteiger partial charge in [-0.15, -0.1) is 11.7 Å². The second kappa shape index (κ2) is 9.44. The molecule has 5 heteroatoms. The number of ether oxygens (including phenoxy) is 1. The molecular weight excluding hydrogens is 402 g/mol. The van der Waals surface area contributed by atoms with E-state index in [1.807, 2.05) is 54.6 Å². The molecule has 0 fully saturated rings. The fraction of sp³-hybridized carbons (Fsp3) is 0.182. The van der Waals surface area contributed by atoms with Crippen molar-refractivity contribution in [3.8, 4) is 17.0 Å². The van der Waals surface area contributed by atoms with Crippen molar-refractivity contribution in [2.75, 3.05) is 26.7 Å². The van der Waals surface area contributed by atoms with Gasteiger partial charge in [-0.3, -0.25) is 4.90 Å². The zero-order valence-electron chi connectivity index (χ0n) is 15.3. The van der Waals surface area contributed by atoms with Gasteiger partial charge in [0, 0.05) is 33.9 Å². The molecule has 0 aliphatic rings. The number of halogens is 1. The molecule has 2 aromatic carbocycles. The minimum atomic E-state index is 0.533. The maximum atomic E-state index is 5.84. The molecule has 0 N–H and O–H groups in total. The zero-order valence-corrected chi connectivity index (χ0v) is 16.9. The number of hydrogen-bond acceptors (Lipinski definition) is 4. The molecule has 0 spiro atoms. The van der Waals surface area contributed by atoms with Crippen LogP contribution < -0.4 is 4.74 Å². The third kappa shape index (κ3) is 5.25. The summed E-state index contributed by atoms with van der Waals surface area (Å²) in [6.45, 7) is 6.02. The van der Waals surface area contributed by atoms with Gasteiger partial charge >= 0.3 is 0 Å². The van der Waals surface area contributed by atoms with Crippen molar-refractivity contribution < 1.29 is 4.74 Å². The Morgan fingerprint density at radius 3 is 2.70 bits per heavy atom. The summed E-state index contributed by atoms with van der Waals surface area (Å²) in [6, 6.07) is 14.1. The Morgan fingerprint density at radius 1 is 1.11 bits per heavy atom. The van der Waals surface area contributed by atoms with Gasteiger partial charge in [-0.25, -0.2) is 0 Å². The monoisotopic (exact) mass is 423 g/mol. The van der Waals surface area contributed by atoms with Gasteiger partial charge in [0.05, 0.1) is 6.20 Å². The van der Waals surface area contributed by atoms with Crippen LogP contribution in [0, 0.1) is 0 Å². The van der Waals surface area contributed by atoms with E-state index in [4.69, 9.17) is 4.74 Å². The van der Waals surface area contributed by atoms with Crippen LogP contribution in [0.3, 0.4) is 0 Å². The summed E-state index contributed by atoms with van der Waals surface area (Å²) in [4.78, 5) is 2.17. The van der Waals surface area contributed by atoms with Gasteiger partial charge in [0.15, 0.2) is 0 Å². The number of benzene rings is 2. The third-order valence-electron chi connectivity index (χ3n) is 4.12. The van der Waals surface area contributed by atoms with Crippen LogP contribution in [0.15, 0.2) is 77.9 Å². The van der Waals surface area contributed by atoms with Crippen molar-refractivity contribution in [1.29, 1.82) is 0 Å². The van der Waals surface area contributed by atoms with Crippen LogP contribution in [-0.4, -0.2) is 41.8 Å². The van der Waals surface area contributed by atoms with E-state index < -0.39 is 0 Å². The van der Waals surface area contributed by atoms with Gasteiger partial charge in [-0.2, -0.15) is 5.10 Å². The minimum absolute atomic E-state index is 0.533. The smallest absolute Gasteiger partial charge is 0.120 e. The van der Waals surface area contributed by atoms with Gasteiger partial charge in [-0.1, -0.05) is 46.3 Å². The lowest BCUT2D eigenvalue weighted by atomic mass is 10.1. The first-order valence-electron chi connectivity index (χ1n) is 8.76. The first-order chi connectivity index (χ1) is 13.2. The molecule has 0 saturated heterocycles. The molecule has 0 aliphatic carbocycles. The summed E-state index contributed by atoms with van der Waals surface area (Å²) < 4.78 is 6.88. The molecule has 1 heterocycles. The van der Waals surface area contributed by atoms with Gasteiger partial charge in [0.1, 0.15) is 18.1 Å². The quantitative estimate of drug-likeness (QED) is 0.471. The molecule has 1 aromatic heterocycles. The van der Waals surface area contributed by atoms with Crippen LogP contribution in [0.25, 0.3) is 22.0 Å². The molecule has 138 valence electrons. The average molecular weight is 424 g/mol. The molecule has 0 aliphatic heterocycles. The Labute approximate surface area is 168 Å². The Morgan fingerprint density at radius 2 is 1.93 bits per heavy atom. The molecule has 0 saturated carbocycles. The molecule has 3 aromatic rings. The van der Waals surface area contributed by atoms with Crippen LogP contribution in [0.2, 0.25) is 0 Å². The highest BCUT2D eigenvalue weighted by Gasteiger charge is 2.07. The van der Waals surface area contributed by atoms with Crippen LogP contribution in [-0.2, 0) is 0 Å². The van der Waals surface area contributed by atoms with E-state index in [0.717, 1.165) is 45.3 Å². The normalized spacial score (nSPS) is 11.4. The van der Waals surface area contributed by atoms with E-state index >= 15 is 0 Å². The summed E-state index contributed by atoms with van der Waals surface area (Å²) in [5, 5.41) is 10.5. The Balaban J connectivity index is 1.70. The van der Waals surface area contributed by atoms with E-state index in [-0.39, 0.29) is 0 Å². The highest BCUT2D eigenvalue weighted by molar-refractivity contribution is 9.10. The number of hydrogen-bond donors (Lipinski definition) is 0. The van der Waals surface area contributed by atoms with E-state index in [1.54, 1.807) is 6.20 Å². The fourth-order valence-electron chi connectivity index (χ4n) is 2.74. The van der Waals surface area contributed by atoms with Crippen LogP contribution >= 0.6 is 15.9 Å². The molecule has 0 unspecified atom stereocenters. The lowest BCUT2D eigenvalue weighted by Gasteiger charge is -2.10. The van der Waals surface area contributed by atoms with Crippen molar-refractivity contribution in [3.05, 3.63) is 77.9 Å². The number of fused-ring (bicyclic) bond motifs is 1. The number of nitrogens with zero attached hydrogens (tertiary/aromatic N) is 3. The maximum Gasteiger partial charge on any atom is 0.120 e. The molecule has 0 radical (unpaired) electrons. The molecular formula is C22H22BrN3O. The molecule has 4 nitrogen and oxygen atoms in total. The highest BCUT2D eigenvalue weighted by Crippen LogP contribution is 2.29. The Kier molecular flexibility index (Phi) is 6.74. The largest absolute Gasteiger partial charge is 0.490 e. The lowest BCUT2D eigenvalue weighted by molar-refractivity contribution is 0.361. The number of rotatable bonds is 8. The first-order valence-corrected chi connectivity index (χ1v) is 9.55. The molecule has 27 heavy (non-hydrogen) atoms. The Bertz CT molecular complexity index is 938. The van der Waals surface area contributed by atoms with Crippen LogP contribution in [0.4, 0.5) is 0 Å². The summed E-state index contributed by atoms with van der Waals surface area (Å²) in [5.74, 6) is 0.821. The van der Waals surface area contributed by atoms with Gasteiger partial charge in [0.2, 0.25) is 0 Å². The molecule has 0 amide bonds. The zero-order chi connectivity index (χ0) is 19.1. The summed E-state index contributed by atoms with van der Waals surface area (Å²) >= 11 is 3.46. The lowest BCUT2D eigenvalue weighted by Crippen LogP contribution is -2.17. The van der Waals surface area contributed by atoms with Crippen molar-refractivity contribution in [3.63, 3.8) is 0 Å². The van der Waals surface area contributed by atoms with E-state index in [9.17, 15) is 0 Å². The number of likely N-dealkylation sites (N-methyl/N-ethyl adjacent to an activating group) is 1. The highest BCUT2D eigenvalue weighted by atomic mass is 79.9. The summed E-state index contributed by atoms with van der Waals surface area (Å²) in [5.41, 5.74) is 1.91. The van der Waals surface area contributed by atoms with Gasteiger partial charge < -0.3 is 4.74 Å². The van der Waals surface area contributed by atoms with Crippen molar-refractivity contribution >= 4 is 26.7 Å². The predicted molar refractivity (Wildman–Crippen MR) is 115 cm³/mol.